The summed E-state index contributed by atoms with van der Waals surface area (Å²) in [6.07, 6.45) is 1.76. The van der Waals surface area contributed by atoms with E-state index in [-0.39, 0.29) is 0 Å². The molecule has 0 aliphatic carbocycles. The van der Waals surface area contributed by atoms with Gasteiger partial charge in [-0.2, -0.15) is 0 Å². The van der Waals surface area contributed by atoms with Gasteiger partial charge < -0.3 is 5.11 Å². The highest BCUT2D eigenvalue weighted by molar-refractivity contribution is 7.99. The van der Waals surface area contributed by atoms with Gasteiger partial charge in [0, 0.05) is 0 Å². The predicted octanol–water partition coefficient (Wildman–Crippen LogP) is 1.60. The molecule has 0 aliphatic rings. The molecule has 0 atom stereocenters. The Morgan fingerprint density at radius 3 is 2.75 bits per heavy atom. The maximum Gasteiger partial charge on any atom is 0.125 e. The molecule has 0 spiro atoms. The van der Waals surface area contributed by atoms with E-state index in [9.17, 15) is 5.11 Å². The topological polar surface area (TPSA) is 45.2 Å². The molecule has 12 heavy (non-hydrogen) atoms. The standard InChI is InChI=1S/C7H12N2OS2/c1-7(2,10)6-9-4-5(11-6)12-8-3/h4,8,10H,1-3H3. The SMILES string of the molecule is CNSc1cnc(C(C)(C)O)s1. The average Bonchev–Trinajstić information content (AvgIpc) is 2.35. The fraction of sp³-hybridized carbons (Fsp3) is 0.571. The van der Waals surface area contributed by atoms with E-state index >= 15 is 0 Å². The van der Waals surface area contributed by atoms with Gasteiger partial charge in [-0.15, -0.1) is 11.3 Å². The molecule has 0 aliphatic heterocycles. The molecule has 68 valence electrons. The van der Waals surface area contributed by atoms with Crippen LogP contribution in [0.5, 0.6) is 0 Å². The molecule has 0 aromatic carbocycles. The summed E-state index contributed by atoms with van der Waals surface area (Å²) in [7, 11) is 1.86. The average molecular weight is 204 g/mol. The Kier molecular flexibility index (Phi) is 3.11. The second-order valence-electron chi connectivity index (χ2n) is 2.85. The van der Waals surface area contributed by atoms with E-state index < -0.39 is 5.60 Å². The van der Waals surface area contributed by atoms with Crippen LogP contribution in [0.1, 0.15) is 18.9 Å². The highest BCUT2D eigenvalue weighted by Gasteiger charge is 2.20. The molecule has 0 saturated heterocycles. The van der Waals surface area contributed by atoms with Crippen LogP contribution in [0.2, 0.25) is 0 Å². The second kappa shape index (κ2) is 3.74. The minimum absolute atomic E-state index is 0.750. The summed E-state index contributed by atoms with van der Waals surface area (Å²) < 4.78 is 4.02. The zero-order chi connectivity index (χ0) is 9.19. The van der Waals surface area contributed by atoms with Crippen LogP contribution in [-0.4, -0.2) is 17.1 Å². The van der Waals surface area contributed by atoms with Gasteiger partial charge in [-0.3, -0.25) is 4.72 Å². The fourth-order valence-electron chi connectivity index (χ4n) is 0.690. The van der Waals surface area contributed by atoms with Gasteiger partial charge in [0.15, 0.2) is 0 Å². The summed E-state index contributed by atoms with van der Waals surface area (Å²) >= 11 is 3.01. The van der Waals surface area contributed by atoms with E-state index in [4.69, 9.17) is 0 Å². The Hall–Kier alpha value is -0.100. The third-order valence-electron chi connectivity index (χ3n) is 1.21. The van der Waals surface area contributed by atoms with E-state index in [1.165, 1.54) is 23.3 Å². The van der Waals surface area contributed by atoms with Gasteiger partial charge in [0.05, 0.1) is 10.4 Å². The number of nitrogens with zero attached hydrogens (tertiary/aromatic N) is 1. The lowest BCUT2D eigenvalue weighted by atomic mass is 10.2. The molecule has 1 aromatic rings. The van der Waals surface area contributed by atoms with Crippen molar-refractivity contribution in [2.24, 2.45) is 0 Å². The van der Waals surface area contributed by atoms with Gasteiger partial charge in [0.1, 0.15) is 10.6 Å². The first-order chi connectivity index (χ1) is 5.54. The van der Waals surface area contributed by atoms with Crippen molar-refractivity contribution in [2.45, 2.75) is 23.7 Å². The molecule has 1 heterocycles. The van der Waals surface area contributed by atoms with Crippen LogP contribution in [-0.2, 0) is 5.60 Å². The van der Waals surface area contributed by atoms with Crippen molar-refractivity contribution in [1.29, 1.82) is 0 Å². The molecule has 0 radical (unpaired) electrons. The Labute approximate surface area is 80.4 Å². The molecule has 0 bridgehead atoms. The predicted molar refractivity (Wildman–Crippen MR) is 52.3 cm³/mol. The molecule has 0 fully saturated rings. The quantitative estimate of drug-likeness (QED) is 0.734. The number of hydrogen-bond donors (Lipinski definition) is 2. The first kappa shape index (κ1) is 9.98. The third-order valence-corrected chi connectivity index (χ3v) is 3.33. The van der Waals surface area contributed by atoms with Crippen LogP contribution in [0.3, 0.4) is 0 Å². The van der Waals surface area contributed by atoms with Gasteiger partial charge >= 0.3 is 0 Å². The molecule has 3 nitrogen and oxygen atoms in total. The summed E-state index contributed by atoms with van der Waals surface area (Å²) in [5.41, 5.74) is -0.822. The molecule has 5 heteroatoms. The van der Waals surface area contributed by atoms with Gasteiger partial charge in [0.25, 0.3) is 0 Å². The number of aliphatic hydroxyl groups is 1. The number of aromatic nitrogens is 1. The Morgan fingerprint density at radius 1 is 1.67 bits per heavy atom. The first-order valence-electron chi connectivity index (χ1n) is 3.56. The summed E-state index contributed by atoms with van der Waals surface area (Å²) in [4.78, 5) is 4.11. The van der Waals surface area contributed by atoms with Crippen LogP contribution in [0.25, 0.3) is 0 Å². The van der Waals surface area contributed by atoms with Crippen molar-refractivity contribution in [3.05, 3.63) is 11.2 Å². The number of rotatable bonds is 3. The smallest absolute Gasteiger partial charge is 0.125 e. The van der Waals surface area contributed by atoms with E-state index in [0.717, 1.165) is 9.22 Å². The summed E-state index contributed by atoms with van der Waals surface area (Å²) in [5.74, 6) is 0. The van der Waals surface area contributed by atoms with E-state index in [0.29, 0.717) is 0 Å². The van der Waals surface area contributed by atoms with Crippen molar-refractivity contribution in [1.82, 2.24) is 9.71 Å². The van der Waals surface area contributed by atoms with Crippen molar-refractivity contribution < 1.29 is 5.11 Å². The fourth-order valence-corrected chi connectivity index (χ4v) is 2.30. The minimum atomic E-state index is -0.822. The molecule has 0 saturated carbocycles. The van der Waals surface area contributed by atoms with Crippen LogP contribution in [0.15, 0.2) is 10.4 Å². The van der Waals surface area contributed by atoms with Gasteiger partial charge in [-0.05, 0) is 32.8 Å². The molecular weight excluding hydrogens is 192 g/mol. The lowest BCUT2D eigenvalue weighted by Gasteiger charge is -2.12. The second-order valence-corrected chi connectivity index (χ2v) is 5.19. The van der Waals surface area contributed by atoms with E-state index in [2.05, 4.69) is 9.71 Å². The summed E-state index contributed by atoms with van der Waals surface area (Å²) in [6.45, 7) is 3.47. The Balaban J connectivity index is 2.77. The summed E-state index contributed by atoms with van der Waals surface area (Å²) in [6, 6.07) is 0. The highest BCUT2D eigenvalue weighted by Crippen LogP contribution is 2.29. The third kappa shape index (κ3) is 2.45. The lowest BCUT2D eigenvalue weighted by Crippen LogP contribution is -2.14. The normalized spacial score (nSPS) is 12.0. The van der Waals surface area contributed by atoms with Crippen LogP contribution >= 0.6 is 23.3 Å². The largest absolute Gasteiger partial charge is 0.383 e. The molecule has 0 amide bonds. The number of nitrogens with one attached hydrogen (secondary N) is 1. The van der Waals surface area contributed by atoms with Crippen molar-refractivity contribution in [3.63, 3.8) is 0 Å². The van der Waals surface area contributed by atoms with Crippen molar-refractivity contribution in [3.8, 4) is 0 Å². The van der Waals surface area contributed by atoms with Crippen LogP contribution < -0.4 is 4.72 Å². The van der Waals surface area contributed by atoms with Crippen LogP contribution in [0.4, 0.5) is 0 Å². The maximum absolute atomic E-state index is 9.59. The van der Waals surface area contributed by atoms with Crippen molar-refractivity contribution in [2.75, 3.05) is 7.05 Å². The van der Waals surface area contributed by atoms with Crippen LogP contribution in [0, 0.1) is 0 Å². The zero-order valence-electron chi connectivity index (χ0n) is 7.29. The Bertz CT molecular complexity index is 254. The molecular formula is C7H12N2OS2. The molecule has 2 N–H and O–H groups in total. The molecule has 1 rings (SSSR count). The summed E-state index contributed by atoms with van der Waals surface area (Å²) in [5, 5.41) is 10.3. The van der Waals surface area contributed by atoms with E-state index in [1.807, 2.05) is 7.05 Å². The lowest BCUT2D eigenvalue weighted by molar-refractivity contribution is 0.0783. The van der Waals surface area contributed by atoms with Gasteiger partial charge in [0.2, 0.25) is 0 Å². The Morgan fingerprint density at radius 2 is 2.33 bits per heavy atom. The van der Waals surface area contributed by atoms with Crippen molar-refractivity contribution >= 4 is 23.3 Å². The van der Waals surface area contributed by atoms with Gasteiger partial charge in [-0.25, -0.2) is 4.98 Å². The van der Waals surface area contributed by atoms with E-state index in [1.54, 1.807) is 20.0 Å². The number of thiazole rings is 1. The zero-order valence-corrected chi connectivity index (χ0v) is 8.92. The van der Waals surface area contributed by atoms with Gasteiger partial charge in [-0.1, -0.05) is 0 Å². The highest BCUT2D eigenvalue weighted by atomic mass is 32.2. The monoisotopic (exact) mass is 204 g/mol. The first-order valence-corrected chi connectivity index (χ1v) is 5.19. The molecule has 0 unspecified atom stereocenters. The minimum Gasteiger partial charge on any atom is -0.383 e. The number of hydrogen-bond acceptors (Lipinski definition) is 5. The maximum atomic E-state index is 9.59. The molecule has 1 aromatic heterocycles.